The molecule has 0 aliphatic rings. The lowest BCUT2D eigenvalue weighted by molar-refractivity contribution is -0.126. The summed E-state index contributed by atoms with van der Waals surface area (Å²) in [5.41, 5.74) is 6.23. The number of hydrogen-bond acceptors (Lipinski definition) is 5. The van der Waals surface area contributed by atoms with Gasteiger partial charge in [0.15, 0.2) is 0 Å². The quantitative estimate of drug-likeness (QED) is 0.815. The Morgan fingerprint density at radius 3 is 2.72 bits per heavy atom. The third-order valence-electron chi connectivity index (χ3n) is 2.16. The van der Waals surface area contributed by atoms with Crippen LogP contribution in [0.4, 0.5) is 11.5 Å². The standard InChI is InChI=1S/C12H20N4O2/c1-8(2)18-12-9(13)5-6-10(15-12)14-7-11(17)16(3)4/h5-6,8H,7,13H2,1-4H3,(H,14,15). The van der Waals surface area contributed by atoms with Gasteiger partial charge in [0.05, 0.1) is 18.3 Å². The molecule has 0 spiro atoms. The van der Waals surface area contributed by atoms with E-state index in [4.69, 9.17) is 10.5 Å². The van der Waals surface area contributed by atoms with Crippen molar-refractivity contribution in [3.8, 4) is 5.88 Å². The number of nitrogen functional groups attached to an aromatic ring is 1. The van der Waals surface area contributed by atoms with Crippen LogP contribution in [0.15, 0.2) is 12.1 Å². The molecular formula is C12H20N4O2. The number of rotatable bonds is 5. The van der Waals surface area contributed by atoms with E-state index in [1.165, 1.54) is 4.90 Å². The Morgan fingerprint density at radius 1 is 1.50 bits per heavy atom. The fourth-order valence-electron chi connectivity index (χ4n) is 1.19. The van der Waals surface area contributed by atoms with Gasteiger partial charge in [0.1, 0.15) is 5.82 Å². The molecule has 0 aliphatic carbocycles. The number of anilines is 2. The van der Waals surface area contributed by atoms with Crippen LogP contribution >= 0.6 is 0 Å². The first-order chi connectivity index (χ1) is 8.40. The summed E-state index contributed by atoms with van der Waals surface area (Å²) in [6.45, 7) is 3.98. The Kier molecular flexibility index (Phi) is 4.76. The molecule has 0 aliphatic heterocycles. The van der Waals surface area contributed by atoms with Crippen molar-refractivity contribution >= 4 is 17.4 Å². The van der Waals surface area contributed by atoms with Crippen molar-refractivity contribution in [3.63, 3.8) is 0 Å². The number of nitrogens with two attached hydrogens (primary N) is 1. The molecule has 100 valence electrons. The Hall–Kier alpha value is -1.98. The van der Waals surface area contributed by atoms with E-state index in [9.17, 15) is 4.79 Å². The number of likely N-dealkylation sites (N-methyl/N-ethyl adjacent to an activating group) is 1. The molecule has 0 fully saturated rings. The first-order valence-electron chi connectivity index (χ1n) is 5.77. The van der Waals surface area contributed by atoms with Gasteiger partial charge in [-0.25, -0.2) is 0 Å². The molecule has 1 amide bonds. The molecule has 0 saturated heterocycles. The van der Waals surface area contributed by atoms with Crippen LogP contribution in [0.5, 0.6) is 5.88 Å². The van der Waals surface area contributed by atoms with Crippen LogP contribution in [0.25, 0.3) is 0 Å². The van der Waals surface area contributed by atoms with Crippen LogP contribution in [-0.4, -0.2) is 42.5 Å². The molecule has 18 heavy (non-hydrogen) atoms. The highest BCUT2D eigenvalue weighted by molar-refractivity contribution is 5.80. The summed E-state index contributed by atoms with van der Waals surface area (Å²) in [4.78, 5) is 17.1. The van der Waals surface area contributed by atoms with Crippen molar-refractivity contribution in [1.29, 1.82) is 0 Å². The van der Waals surface area contributed by atoms with E-state index in [0.717, 1.165) is 0 Å². The van der Waals surface area contributed by atoms with Gasteiger partial charge in [-0.1, -0.05) is 0 Å². The maximum absolute atomic E-state index is 11.4. The molecule has 1 aromatic rings. The van der Waals surface area contributed by atoms with E-state index in [2.05, 4.69) is 10.3 Å². The van der Waals surface area contributed by atoms with Crippen LogP contribution in [0.3, 0.4) is 0 Å². The minimum atomic E-state index is -0.0278. The number of nitrogens with one attached hydrogen (secondary N) is 1. The number of carbonyl (C=O) groups is 1. The smallest absolute Gasteiger partial charge is 0.241 e. The van der Waals surface area contributed by atoms with Gasteiger partial charge in [-0.15, -0.1) is 0 Å². The van der Waals surface area contributed by atoms with E-state index in [1.54, 1.807) is 26.2 Å². The highest BCUT2D eigenvalue weighted by Crippen LogP contribution is 2.21. The monoisotopic (exact) mass is 252 g/mol. The van der Waals surface area contributed by atoms with E-state index in [0.29, 0.717) is 17.4 Å². The van der Waals surface area contributed by atoms with E-state index < -0.39 is 0 Å². The van der Waals surface area contributed by atoms with Gasteiger partial charge in [-0.3, -0.25) is 4.79 Å². The Balaban J connectivity index is 2.70. The first kappa shape index (κ1) is 14.1. The average Bonchev–Trinajstić information content (AvgIpc) is 2.28. The van der Waals surface area contributed by atoms with Crippen molar-refractivity contribution in [1.82, 2.24) is 9.88 Å². The van der Waals surface area contributed by atoms with E-state index in [-0.39, 0.29) is 18.6 Å². The number of carbonyl (C=O) groups excluding carboxylic acids is 1. The van der Waals surface area contributed by atoms with Crippen molar-refractivity contribution in [3.05, 3.63) is 12.1 Å². The van der Waals surface area contributed by atoms with Crippen LogP contribution in [-0.2, 0) is 4.79 Å². The first-order valence-corrected chi connectivity index (χ1v) is 5.77. The zero-order chi connectivity index (χ0) is 13.7. The van der Waals surface area contributed by atoms with Crippen molar-refractivity contribution in [2.24, 2.45) is 0 Å². The minimum absolute atomic E-state index is 0.00143. The molecule has 0 unspecified atom stereocenters. The molecule has 1 heterocycles. The zero-order valence-corrected chi connectivity index (χ0v) is 11.2. The number of nitrogens with zero attached hydrogens (tertiary/aromatic N) is 2. The van der Waals surface area contributed by atoms with Gasteiger partial charge in [0, 0.05) is 14.1 Å². The van der Waals surface area contributed by atoms with Crippen LogP contribution in [0, 0.1) is 0 Å². The van der Waals surface area contributed by atoms with Crippen molar-refractivity contribution in [2.75, 3.05) is 31.7 Å². The summed E-state index contributed by atoms with van der Waals surface area (Å²) in [5, 5.41) is 2.93. The molecule has 0 radical (unpaired) electrons. The Labute approximate surface area is 107 Å². The van der Waals surface area contributed by atoms with Crippen molar-refractivity contribution in [2.45, 2.75) is 20.0 Å². The number of pyridine rings is 1. The van der Waals surface area contributed by atoms with Crippen LogP contribution in [0.1, 0.15) is 13.8 Å². The molecule has 0 aromatic carbocycles. The molecule has 0 atom stereocenters. The molecule has 1 rings (SSSR count). The molecular weight excluding hydrogens is 232 g/mol. The second-order valence-electron chi connectivity index (χ2n) is 4.40. The van der Waals surface area contributed by atoms with Gasteiger partial charge >= 0.3 is 0 Å². The highest BCUT2D eigenvalue weighted by atomic mass is 16.5. The summed E-state index contributed by atoms with van der Waals surface area (Å²) in [7, 11) is 3.40. The van der Waals surface area contributed by atoms with Gasteiger partial charge in [-0.2, -0.15) is 4.98 Å². The third-order valence-corrected chi connectivity index (χ3v) is 2.16. The number of aromatic nitrogens is 1. The normalized spacial score (nSPS) is 10.3. The topological polar surface area (TPSA) is 80.5 Å². The lowest BCUT2D eigenvalue weighted by Crippen LogP contribution is -2.28. The average molecular weight is 252 g/mol. The van der Waals surface area contributed by atoms with Crippen molar-refractivity contribution < 1.29 is 9.53 Å². The van der Waals surface area contributed by atoms with Gasteiger partial charge < -0.3 is 20.7 Å². The van der Waals surface area contributed by atoms with Gasteiger partial charge in [-0.05, 0) is 26.0 Å². The summed E-state index contributed by atoms with van der Waals surface area (Å²) >= 11 is 0. The Bertz CT molecular complexity index is 419. The molecule has 6 heteroatoms. The molecule has 6 nitrogen and oxygen atoms in total. The van der Waals surface area contributed by atoms with Gasteiger partial charge in [0.2, 0.25) is 11.8 Å². The Morgan fingerprint density at radius 2 is 2.17 bits per heavy atom. The fourth-order valence-corrected chi connectivity index (χ4v) is 1.19. The van der Waals surface area contributed by atoms with Crippen LogP contribution in [0.2, 0.25) is 0 Å². The maximum atomic E-state index is 11.4. The predicted octanol–water partition coefficient (Wildman–Crippen LogP) is 0.951. The summed E-state index contributed by atoms with van der Waals surface area (Å²) < 4.78 is 5.47. The largest absolute Gasteiger partial charge is 0.473 e. The fraction of sp³-hybridized carbons (Fsp3) is 0.500. The van der Waals surface area contributed by atoms with Crippen LogP contribution < -0.4 is 15.8 Å². The van der Waals surface area contributed by atoms with Gasteiger partial charge in [0.25, 0.3) is 0 Å². The number of amides is 1. The SMILES string of the molecule is CC(C)Oc1nc(NCC(=O)N(C)C)ccc1N. The second-order valence-corrected chi connectivity index (χ2v) is 4.40. The number of ether oxygens (including phenoxy) is 1. The summed E-state index contributed by atoms with van der Waals surface area (Å²) in [6.07, 6.45) is -0.00143. The zero-order valence-electron chi connectivity index (χ0n) is 11.2. The highest BCUT2D eigenvalue weighted by Gasteiger charge is 2.08. The third kappa shape index (κ3) is 4.12. The van der Waals surface area contributed by atoms with E-state index >= 15 is 0 Å². The lowest BCUT2D eigenvalue weighted by Gasteiger charge is -2.14. The minimum Gasteiger partial charge on any atom is -0.473 e. The molecule has 1 aromatic heterocycles. The van der Waals surface area contributed by atoms with E-state index in [1.807, 2.05) is 13.8 Å². The predicted molar refractivity (Wildman–Crippen MR) is 71.6 cm³/mol. The molecule has 3 N–H and O–H groups in total. The lowest BCUT2D eigenvalue weighted by atomic mass is 10.4. The maximum Gasteiger partial charge on any atom is 0.241 e. The number of hydrogen-bond donors (Lipinski definition) is 2. The summed E-state index contributed by atoms with van der Waals surface area (Å²) in [6, 6.07) is 3.42. The molecule has 0 bridgehead atoms. The summed E-state index contributed by atoms with van der Waals surface area (Å²) in [5.74, 6) is 0.919. The second kappa shape index (κ2) is 6.09. The molecule has 0 saturated carbocycles.